The zero-order valence-electron chi connectivity index (χ0n) is 13.5. The maximum Gasteiger partial charge on any atom is 0.269 e. The summed E-state index contributed by atoms with van der Waals surface area (Å²) >= 11 is 0. The molecule has 0 bridgehead atoms. The van der Waals surface area contributed by atoms with Crippen molar-refractivity contribution in [3.63, 3.8) is 0 Å². The summed E-state index contributed by atoms with van der Waals surface area (Å²) in [5.41, 5.74) is 1.11. The van der Waals surface area contributed by atoms with Crippen LogP contribution in [0.2, 0.25) is 0 Å². The summed E-state index contributed by atoms with van der Waals surface area (Å²) < 4.78 is 38.7. The number of carbonyl (C=O) groups is 1. The maximum atomic E-state index is 13.0. The fourth-order valence-electron chi connectivity index (χ4n) is 2.66. The summed E-state index contributed by atoms with van der Waals surface area (Å²) in [7, 11) is -3.92. The van der Waals surface area contributed by atoms with Crippen molar-refractivity contribution in [2.45, 2.75) is 18.2 Å². The van der Waals surface area contributed by atoms with E-state index in [2.05, 4.69) is 10.6 Å². The number of amides is 1. The molecule has 2 aromatic rings. The van der Waals surface area contributed by atoms with Gasteiger partial charge in [-0.1, -0.05) is 25.1 Å². The first-order valence-corrected chi connectivity index (χ1v) is 9.33. The van der Waals surface area contributed by atoms with Crippen LogP contribution in [0.1, 0.15) is 18.9 Å². The predicted octanol–water partition coefficient (Wildman–Crippen LogP) is 2.92. The van der Waals surface area contributed by atoms with Gasteiger partial charge >= 0.3 is 0 Å². The number of hydrogen-bond donors (Lipinski definition) is 2. The van der Waals surface area contributed by atoms with Gasteiger partial charge in [0.05, 0.1) is 10.6 Å². The maximum absolute atomic E-state index is 13.0. The van der Waals surface area contributed by atoms with Crippen LogP contribution in [0.5, 0.6) is 0 Å². The standard InChI is InChI=1S/C18H17FN2O3S/c1-2-11-20-16-14-5-3-4-6-15(14)25(23,24)17(16)18(22)21-13-9-7-12(19)8-10-13/h3-10,20H,2,11H2,1H3,(H,21,22). The molecular formula is C18H17FN2O3S. The first-order valence-electron chi connectivity index (χ1n) is 7.84. The molecule has 0 saturated heterocycles. The Labute approximate surface area is 145 Å². The van der Waals surface area contributed by atoms with Gasteiger partial charge in [-0.3, -0.25) is 4.79 Å². The minimum absolute atomic E-state index is 0.109. The van der Waals surface area contributed by atoms with Gasteiger partial charge in [-0.15, -0.1) is 0 Å². The number of hydrogen-bond acceptors (Lipinski definition) is 4. The van der Waals surface area contributed by atoms with E-state index in [1.807, 2.05) is 6.92 Å². The molecule has 0 fully saturated rings. The molecule has 130 valence electrons. The van der Waals surface area contributed by atoms with Crippen LogP contribution in [-0.4, -0.2) is 20.9 Å². The molecule has 2 N–H and O–H groups in total. The molecule has 0 atom stereocenters. The van der Waals surface area contributed by atoms with Crippen molar-refractivity contribution in [2.75, 3.05) is 11.9 Å². The lowest BCUT2D eigenvalue weighted by Gasteiger charge is -2.10. The molecule has 0 saturated carbocycles. The van der Waals surface area contributed by atoms with E-state index in [0.717, 1.165) is 6.42 Å². The quantitative estimate of drug-likeness (QED) is 0.860. The fraction of sp³-hybridized carbons (Fsp3) is 0.167. The third-order valence-electron chi connectivity index (χ3n) is 3.80. The molecule has 3 rings (SSSR count). The molecule has 0 radical (unpaired) electrons. The molecule has 7 heteroatoms. The van der Waals surface area contributed by atoms with Crippen LogP contribution < -0.4 is 10.6 Å². The first-order chi connectivity index (χ1) is 11.9. The lowest BCUT2D eigenvalue weighted by molar-refractivity contribution is -0.112. The van der Waals surface area contributed by atoms with Crippen molar-refractivity contribution >= 4 is 27.1 Å². The van der Waals surface area contributed by atoms with Gasteiger partial charge in [-0.25, -0.2) is 12.8 Å². The normalized spacial score (nSPS) is 15.0. The second-order valence-electron chi connectivity index (χ2n) is 5.59. The molecule has 1 amide bonds. The number of rotatable bonds is 5. The van der Waals surface area contributed by atoms with E-state index in [9.17, 15) is 17.6 Å². The number of benzene rings is 2. The highest BCUT2D eigenvalue weighted by Crippen LogP contribution is 2.38. The Bertz CT molecular complexity index is 951. The Morgan fingerprint density at radius 1 is 1.08 bits per heavy atom. The van der Waals surface area contributed by atoms with Gasteiger partial charge < -0.3 is 10.6 Å². The number of fused-ring (bicyclic) bond motifs is 1. The molecule has 5 nitrogen and oxygen atoms in total. The van der Waals surface area contributed by atoms with Crippen molar-refractivity contribution in [3.8, 4) is 0 Å². The zero-order valence-corrected chi connectivity index (χ0v) is 14.4. The Morgan fingerprint density at radius 3 is 2.44 bits per heavy atom. The van der Waals surface area contributed by atoms with Gasteiger partial charge in [-0.05, 0) is 36.8 Å². The van der Waals surface area contributed by atoms with Crippen LogP contribution in [0.15, 0.2) is 58.3 Å². The van der Waals surface area contributed by atoms with E-state index in [1.54, 1.807) is 18.2 Å². The minimum atomic E-state index is -3.92. The van der Waals surface area contributed by atoms with E-state index in [1.165, 1.54) is 30.3 Å². The third kappa shape index (κ3) is 3.15. The van der Waals surface area contributed by atoms with E-state index in [-0.39, 0.29) is 9.80 Å². The van der Waals surface area contributed by atoms with Crippen LogP contribution in [0, 0.1) is 5.82 Å². The van der Waals surface area contributed by atoms with Crippen LogP contribution in [0.4, 0.5) is 10.1 Å². The lowest BCUT2D eigenvalue weighted by atomic mass is 10.1. The molecule has 25 heavy (non-hydrogen) atoms. The largest absolute Gasteiger partial charge is 0.383 e. The number of halogens is 1. The monoisotopic (exact) mass is 360 g/mol. The number of anilines is 1. The summed E-state index contributed by atoms with van der Waals surface area (Å²) in [4.78, 5) is 12.5. The van der Waals surface area contributed by atoms with E-state index in [4.69, 9.17) is 0 Å². The lowest BCUT2D eigenvalue weighted by Crippen LogP contribution is -2.23. The van der Waals surface area contributed by atoms with Gasteiger partial charge in [0.15, 0.2) is 4.91 Å². The Hall–Kier alpha value is -2.67. The number of nitrogens with one attached hydrogen (secondary N) is 2. The fourth-order valence-corrected chi connectivity index (χ4v) is 4.34. The predicted molar refractivity (Wildman–Crippen MR) is 93.9 cm³/mol. The highest BCUT2D eigenvalue weighted by molar-refractivity contribution is 7.97. The highest BCUT2D eigenvalue weighted by atomic mass is 32.2. The second kappa shape index (κ2) is 6.68. The van der Waals surface area contributed by atoms with Gasteiger partial charge in [0.1, 0.15) is 5.82 Å². The van der Waals surface area contributed by atoms with Crippen molar-refractivity contribution < 1.29 is 17.6 Å². The summed E-state index contributed by atoms with van der Waals surface area (Å²) in [6.45, 7) is 2.48. The molecule has 0 aliphatic carbocycles. The molecule has 1 aliphatic heterocycles. The Morgan fingerprint density at radius 2 is 1.76 bits per heavy atom. The van der Waals surface area contributed by atoms with Crippen molar-refractivity contribution in [3.05, 3.63) is 64.8 Å². The van der Waals surface area contributed by atoms with Gasteiger partial charge in [0, 0.05) is 17.8 Å². The van der Waals surface area contributed by atoms with Gasteiger partial charge in [-0.2, -0.15) is 0 Å². The molecule has 0 aromatic heterocycles. The van der Waals surface area contributed by atoms with E-state index >= 15 is 0 Å². The van der Waals surface area contributed by atoms with E-state index in [0.29, 0.717) is 23.5 Å². The molecule has 1 heterocycles. The average Bonchev–Trinajstić information content (AvgIpc) is 2.82. The van der Waals surface area contributed by atoms with Crippen LogP contribution >= 0.6 is 0 Å². The summed E-state index contributed by atoms with van der Waals surface area (Å²) in [5.74, 6) is -1.19. The highest BCUT2D eigenvalue weighted by Gasteiger charge is 2.39. The molecular weight excluding hydrogens is 343 g/mol. The van der Waals surface area contributed by atoms with Gasteiger partial charge in [0.25, 0.3) is 5.91 Å². The molecule has 0 unspecified atom stereocenters. The second-order valence-corrected chi connectivity index (χ2v) is 7.45. The summed E-state index contributed by atoms with van der Waals surface area (Å²) in [5, 5.41) is 5.57. The SMILES string of the molecule is CCCNC1=C(C(=O)Nc2ccc(F)cc2)S(=O)(=O)c2ccccc21. The Balaban J connectivity index is 2.03. The Kier molecular flexibility index (Phi) is 4.59. The first kappa shape index (κ1) is 17.2. The van der Waals surface area contributed by atoms with Crippen LogP contribution in [0.25, 0.3) is 5.70 Å². The third-order valence-corrected chi connectivity index (χ3v) is 5.66. The smallest absolute Gasteiger partial charge is 0.269 e. The van der Waals surface area contributed by atoms with Gasteiger partial charge in [0.2, 0.25) is 9.84 Å². The topological polar surface area (TPSA) is 75.3 Å². The number of carbonyl (C=O) groups excluding carboxylic acids is 1. The van der Waals surface area contributed by atoms with Crippen molar-refractivity contribution in [1.82, 2.24) is 5.32 Å². The van der Waals surface area contributed by atoms with Crippen molar-refractivity contribution in [1.29, 1.82) is 0 Å². The minimum Gasteiger partial charge on any atom is -0.383 e. The van der Waals surface area contributed by atoms with Crippen molar-refractivity contribution in [2.24, 2.45) is 0 Å². The average molecular weight is 360 g/mol. The zero-order chi connectivity index (χ0) is 18.0. The van der Waals surface area contributed by atoms with Crippen LogP contribution in [-0.2, 0) is 14.6 Å². The molecule has 1 aliphatic rings. The number of sulfone groups is 1. The van der Waals surface area contributed by atoms with E-state index < -0.39 is 21.6 Å². The molecule has 0 spiro atoms. The van der Waals surface area contributed by atoms with Crippen LogP contribution in [0.3, 0.4) is 0 Å². The summed E-state index contributed by atoms with van der Waals surface area (Å²) in [6, 6.07) is 11.6. The molecule has 2 aromatic carbocycles. The summed E-state index contributed by atoms with van der Waals surface area (Å²) in [6.07, 6.45) is 0.776.